The zero-order chi connectivity index (χ0) is 19.0. The number of alkyl halides is 3. The summed E-state index contributed by atoms with van der Waals surface area (Å²) in [5.74, 6) is 0.543. The van der Waals surface area contributed by atoms with E-state index in [-0.39, 0.29) is 35.7 Å². The van der Waals surface area contributed by atoms with Crippen molar-refractivity contribution in [2.45, 2.75) is 25.9 Å². The molecular weight excluding hydrogens is 475 g/mol. The van der Waals surface area contributed by atoms with Crippen LogP contribution in [0.2, 0.25) is 0 Å². The van der Waals surface area contributed by atoms with Gasteiger partial charge in [0.25, 0.3) is 0 Å². The molecule has 154 valence electrons. The molecule has 1 atom stereocenters. The first-order valence-corrected chi connectivity index (χ1v) is 8.91. The van der Waals surface area contributed by atoms with Gasteiger partial charge in [-0.2, -0.15) is 13.2 Å². The molecule has 9 heteroatoms. The first kappa shape index (κ1) is 23.9. The minimum Gasteiger partial charge on any atom is -0.357 e. The second-order valence-electron chi connectivity index (χ2n) is 6.53. The maximum Gasteiger partial charge on any atom is 0.401 e. The minimum atomic E-state index is -4.14. The molecule has 27 heavy (non-hydrogen) atoms. The molecular formula is C18H27F4IN4. The maximum absolute atomic E-state index is 12.9. The van der Waals surface area contributed by atoms with Crippen LogP contribution in [0.1, 0.15) is 18.9 Å². The van der Waals surface area contributed by atoms with Crippen molar-refractivity contribution >= 4 is 29.9 Å². The highest BCUT2D eigenvalue weighted by Gasteiger charge is 2.34. The van der Waals surface area contributed by atoms with Gasteiger partial charge in [-0.25, -0.2) is 4.39 Å². The van der Waals surface area contributed by atoms with Crippen molar-refractivity contribution in [3.8, 4) is 0 Å². The van der Waals surface area contributed by atoms with Crippen LogP contribution in [-0.4, -0.2) is 56.3 Å². The van der Waals surface area contributed by atoms with Crippen molar-refractivity contribution < 1.29 is 17.6 Å². The van der Waals surface area contributed by atoms with Crippen LogP contribution in [0.4, 0.5) is 17.6 Å². The second kappa shape index (κ2) is 11.7. The summed E-state index contributed by atoms with van der Waals surface area (Å²) in [5, 5.41) is 6.35. The fourth-order valence-corrected chi connectivity index (χ4v) is 3.00. The summed E-state index contributed by atoms with van der Waals surface area (Å²) in [6.07, 6.45) is -2.68. The molecule has 1 saturated heterocycles. The topological polar surface area (TPSA) is 39.7 Å². The smallest absolute Gasteiger partial charge is 0.357 e. The fourth-order valence-electron chi connectivity index (χ4n) is 3.00. The Labute approximate surface area is 174 Å². The Morgan fingerprint density at radius 2 is 1.93 bits per heavy atom. The largest absolute Gasteiger partial charge is 0.401 e. The van der Waals surface area contributed by atoms with E-state index in [0.29, 0.717) is 38.7 Å². The predicted octanol–water partition coefficient (Wildman–Crippen LogP) is 3.43. The van der Waals surface area contributed by atoms with Gasteiger partial charge in [-0.05, 0) is 49.9 Å². The lowest BCUT2D eigenvalue weighted by molar-refractivity contribution is -0.143. The third-order valence-corrected chi connectivity index (χ3v) is 4.24. The van der Waals surface area contributed by atoms with Crippen molar-refractivity contribution in [2.75, 3.05) is 39.3 Å². The average Bonchev–Trinajstić information content (AvgIpc) is 3.00. The molecule has 0 saturated carbocycles. The van der Waals surface area contributed by atoms with Gasteiger partial charge >= 0.3 is 6.18 Å². The molecule has 1 aliphatic heterocycles. The summed E-state index contributed by atoms with van der Waals surface area (Å²) in [7, 11) is 0. The number of likely N-dealkylation sites (tertiary alicyclic amines) is 1. The van der Waals surface area contributed by atoms with E-state index in [1.807, 2.05) is 6.92 Å². The van der Waals surface area contributed by atoms with Crippen molar-refractivity contribution in [1.82, 2.24) is 15.5 Å². The van der Waals surface area contributed by atoms with Crippen LogP contribution in [0.25, 0.3) is 0 Å². The number of hydrogen-bond acceptors (Lipinski definition) is 2. The molecule has 0 bridgehead atoms. The number of hydrogen-bond donors (Lipinski definition) is 2. The van der Waals surface area contributed by atoms with E-state index < -0.39 is 12.7 Å². The van der Waals surface area contributed by atoms with Crippen LogP contribution in [0.3, 0.4) is 0 Å². The minimum absolute atomic E-state index is 0. The van der Waals surface area contributed by atoms with Gasteiger partial charge < -0.3 is 10.6 Å². The van der Waals surface area contributed by atoms with Gasteiger partial charge in [0.05, 0.1) is 6.54 Å². The van der Waals surface area contributed by atoms with Crippen LogP contribution >= 0.6 is 24.0 Å². The van der Waals surface area contributed by atoms with Crippen molar-refractivity contribution in [1.29, 1.82) is 0 Å². The average molecular weight is 502 g/mol. The maximum atomic E-state index is 12.9. The molecule has 1 aliphatic rings. The molecule has 2 N–H and O–H groups in total. The third kappa shape index (κ3) is 9.59. The number of guanidine groups is 1. The number of benzene rings is 1. The second-order valence-corrected chi connectivity index (χ2v) is 6.53. The molecule has 0 aliphatic carbocycles. The van der Waals surface area contributed by atoms with Crippen LogP contribution in [-0.2, 0) is 6.42 Å². The highest BCUT2D eigenvalue weighted by Crippen LogP contribution is 2.22. The van der Waals surface area contributed by atoms with Crippen LogP contribution < -0.4 is 10.6 Å². The standard InChI is InChI=1S/C18H26F4N4.HI/c1-2-23-17(24-9-7-14-3-5-16(19)6-4-14)25-11-15-8-10-26(12-15)13-18(20,21)22;/h3-6,15H,2,7-13H2,1H3,(H2,23,24,25);1H. The summed E-state index contributed by atoms with van der Waals surface area (Å²) < 4.78 is 50.2. The molecule has 1 fully saturated rings. The highest BCUT2D eigenvalue weighted by atomic mass is 127. The van der Waals surface area contributed by atoms with Crippen molar-refractivity contribution in [3.05, 3.63) is 35.6 Å². The van der Waals surface area contributed by atoms with Gasteiger partial charge in [0.1, 0.15) is 5.82 Å². The van der Waals surface area contributed by atoms with Gasteiger partial charge in [-0.3, -0.25) is 9.89 Å². The lowest BCUT2D eigenvalue weighted by atomic mass is 10.1. The van der Waals surface area contributed by atoms with E-state index >= 15 is 0 Å². The Morgan fingerprint density at radius 1 is 1.22 bits per heavy atom. The summed E-state index contributed by atoms with van der Waals surface area (Å²) in [6.45, 7) is 3.85. The van der Waals surface area contributed by atoms with E-state index in [9.17, 15) is 17.6 Å². The molecule has 1 heterocycles. The van der Waals surface area contributed by atoms with Crippen LogP contribution in [0, 0.1) is 11.7 Å². The SMILES string of the molecule is CCNC(=NCC1CCN(CC(F)(F)F)C1)NCCc1ccc(F)cc1.I. The van der Waals surface area contributed by atoms with E-state index in [4.69, 9.17) is 0 Å². The van der Waals surface area contributed by atoms with Crippen molar-refractivity contribution in [2.24, 2.45) is 10.9 Å². The molecule has 0 radical (unpaired) electrons. The molecule has 2 rings (SSSR count). The van der Waals surface area contributed by atoms with Crippen LogP contribution in [0.5, 0.6) is 0 Å². The third-order valence-electron chi connectivity index (χ3n) is 4.24. The normalized spacial score (nSPS) is 18.3. The van der Waals surface area contributed by atoms with Crippen molar-refractivity contribution in [3.63, 3.8) is 0 Å². The van der Waals surface area contributed by atoms with E-state index in [0.717, 1.165) is 18.4 Å². The molecule has 1 aromatic carbocycles. The Morgan fingerprint density at radius 3 is 2.56 bits per heavy atom. The number of nitrogens with one attached hydrogen (secondary N) is 2. The first-order valence-electron chi connectivity index (χ1n) is 8.91. The van der Waals surface area contributed by atoms with Gasteiger partial charge in [0.2, 0.25) is 0 Å². The van der Waals surface area contributed by atoms with E-state index in [1.165, 1.54) is 17.0 Å². The Bertz CT molecular complexity index is 578. The molecule has 0 spiro atoms. The lowest BCUT2D eigenvalue weighted by Gasteiger charge is -2.17. The predicted molar refractivity (Wildman–Crippen MR) is 110 cm³/mol. The van der Waals surface area contributed by atoms with Gasteiger partial charge in [-0.1, -0.05) is 12.1 Å². The Hall–Kier alpha value is -1.10. The number of aliphatic imine (C=N–C) groups is 1. The van der Waals surface area contributed by atoms with Gasteiger partial charge in [0.15, 0.2) is 5.96 Å². The summed E-state index contributed by atoms with van der Waals surface area (Å²) in [4.78, 5) is 5.94. The molecule has 4 nitrogen and oxygen atoms in total. The number of rotatable bonds is 7. The summed E-state index contributed by atoms with van der Waals surface area (Å²) in [5.41, 5.74) is 1.02. The van der Waals surface area contributed by atoms with Crippen LogP contribution in [0.15, 0.2) is 29.3 Å². The molecule has 1 unspecified atom stereocenters. The zero-order valence-corrected chi connectivity index (χ0v) is 17.7. The number of halogens is 5. The quantitative estimate of drug-likeness (QED) is 0.260. The number of nitrogens with zero attached hydrogens (tertiary/aromatic N) is 2. The Kier molecular flexibility index (Phi) is 10.4. The van der Waals surface area contributed by atoms with E-state index in [2.05, 4.69) is 15.6 Å². The highest BCUT2D eigenvalue weighted by molar-refractivity contribution is 14.0. The van der Waals surface area contributed by atoms with E-state index in [1.54, 1.807) is 12.1 Å². The monoisotopic (exact) mass is 502 g/mol. The summed E-state index contributed by atoms with van der Waals surface area (Å²) in [6, 6.07) is 6.35. The molecule has 1 aromatic rings. The lowest BCUT2D eigenvalue weighted by Crippen LogP contribution is -2.38. The first-order chi connectivity index (χ1) is 12.4. The fraction of sp³-hybridized carbons (Fsp3) is 0.611. The molecule has 0 aromatic heterocycles. The zero-order valence-electron chi connectivity index (χ0n) is 15.4. The summed E-state index contributed by atoms with van der Waals surface area (Å²) >= 11 is 0. The van der Waals surface area contributed by atoms with Gasteiger partial charge in [-0.15, -0.1) is 24.0 Å². The van der Waals surface area contributed by atoms with Gasteiger partial charge in [0, 0.05) is 26.2 Å². The molecule has 0 amide bonds. The Balaban J connectivity index is 0.00000364.